The summed E-state index contributed by atoms with van der Waals surface area (Å²) in [7, 11) is -3.58. The number of fused-ring (bicyclic) bond motifs is 1. The predicted octanol–water partition coefficient (Wildman–Crippen LogP) is 4.60. The number of sulfone groups is 1. The fourth-order valence-electron chi connectivity index (χ4n) is 4.33. The van der Waals surface area contributed by atoms with Gasteiger partial charge in [-0.05, 0) is 61.6 Å². The number of hydrogen-bond acceptors (Lipinski definition) is 7. The number of aromatic nitrogens is 1. The maximum atomic E-state index is 12.9. The Morgan fingerprint density at radius 3 is 2.26 bits per heavy atom. The fourth-order valence-corrected chi connectivity index (χ4v) is 6.25. The van der Waals surface area contributed by atoms with Crippen molar-refractivity contribution in [3.63, 3.8) is 0 Å². The van der Waals surface area contributed by atoms with Crippen LogP contribution >= 0.6 is 0 Å². The number of para-hydroxylation sites is 1. The van der Waals surface area contributed by atoms with Gasteiger partial charge in [0.1, 0.15) is 12.4 Å². The monoisotopic (exact) mass is 568 g/mol. The number of hydroxylamine groups is 1. The van der Waals surface area contributed by atoms with E-state index >= 15 is 0 Å². The molecule has 3 aromatic rings. The Balaban J connectivity index is 0.000000532. The number of rotatable bonds is 8. The van der Waals surface area contributed by atoms with Crippen LogP contribution in [-0.2, 0) is 26.0 Å². The minimum Gasteiger partial charge on any atom is -0.489 e. The molecule has 1 aromatic heterocycles. The van der Waals surface area contributed by atoms with E-state index in [-0.39, 0.29) is 17.1 Å². The van der Waals surface area contributed by atoms with Gasteiger partial charge >= 0.3 is 12.1 Å². The largest absolute Gasteiger partial charge is 0.490 e. The minimum absolute atomic E-state index is 0.00320. The van der Waals surface area contributed by atoms with E-state index in [1.54, 1.807) is 29.7 Å². The molecule has 1 fully saturated rings. The van der Waals surface area contributed by atoms with Gasteiger partial charge in [-0.3, -0.25) is 15.0 Å². The lowest BCUT2D eigenvalue weighted by atomic mass is 9.68. The first-order chi connectivity index (χ1) is 18.2. The molecule has 210 valence electrons. The van der Waals surface area contributed by atoms with Gasteiger partial charge in [-0.1, -0.05) is 24.6 Å². The lowest BCUT2D eigenvalue weighted by Crippen LogP contribution is -2.41. The quantitative estimate of drug-likeness (QED) is 0.264. The van der Waals surface area contributed by atoms with E-state index in [4.69, 9.17) is 19.8 Å². The molecule has 0 bridgehead atoms. The normalized spacial score (nSPS) is 14.5. The Bertz CT molecular complexity index is 1440. The second-order valence-electron chi connectivity index (χ2n) is 9.33. The van der Waals surface area contributed by atoms with E-state index < -0.39 is 33.3 Å². The van der Waals surface area contributed by atoms with Crippen LogP contribution in [0.4, 0.5) is 13.2 Å². The number of nitrogens with zero attached hydrogens (tertiary/aromatic N) is 1. The fraction of sp³-hybridized carbons (Fsp3) is 0.346. The van der Waals surface area contributed by atoms with Crippen molar-refractivity contribution in [1.82, 2.24) is 10.5 Å². The molecule has 1 heterocycles. The molecule has 1 aliphatic rings. The molecular formula is C26H27F3N2O7S. The van der Waals surface area contributed by atoms with Gasteiger partial charge in [0.05, 0.1) is 16.2 Å². The highest BCUT2D eigenvalue weighted by Gasteiger charge is 2.43. The highest BCUT2D eigenvalue weighted by atomic mass is 32.2. The average Bonchev–Trinajstić information content (AvgIpc) is 2.85. The lowest BCUT2D eigenvalue weighted by molar-refractivity contribution is -0.192. The minimum atomic E-state index is -5.08. The highest BCUT2D eigenvalue weighted by molar-refractivity contribution is 7.91. The summed E-state index contributed by atoms with van der Waals surface area (Å²) in [4.78, 5) is 25.2. The number of pyridine rings is 1. The number of nitrogens with one attached hydrogen (secondary N) is 1. The number of carboxylic acid groups (broad SMARTS) is 1. The maximum absolute atomic E-state index is 12.9. The van der Waals surface area contributed by atoms with Crippen molar-refractivity contribution in [2.75, 3.05) is 5.75 Å². The van der Waals surface area contributed by atoms with Crippen LogP contribution in [0.2, 0.25) is 0 Å². The van der Waals surface area contributed by atoms with Gasteiger partial charge in [0.25, 0.3) is 0 Å². The number of halogens is 3. The molecule has 0 spiro atoms. The number of hydrogen-bond donors (Lipinski definition) is 3. The average molecular weight is 569 g/mol. The Morgan fingerprint density at radius 2 is 1.72 bits per heavy atom. The molecule has 2 aromatic carbocycles. The number of benzene rings is 2. The van der Waals surface area contributed by atoms with E-state index in [2.05, 4.69) is 4.98 Å². The molecule has 0 atom stereocenters. The van der Waals surface area contributed by atoms with Crippen molar-refractivity contribution in [1.29, 1.82) is 0 Å². The van der Waals surface area contributed by atoms with Crippen LogP contribution in [0.1, 0.15) is 36.9 Å². The van der Waals surface area contributed by atoms with Crippen LogP contribution in [0.5, 0.6) is 5.75 Å². The van der Waals surface area contributed by atoms with Gasteiger partial charge in [0, 0.05) is 23.1 Å². The van der Waals surface area contributed by atoms with E-state index in [9.17, 15) is 26.4 Å². The van der Waals surface area contributed by atoms with E-state index in [0.717, 1.165) is 28.6 Å². The van der Waals surface area contributed by atoms with Crippen LogP contribution in [0.3, 0.4) is 0 Å². The van der Waals surface area contributed by atoms with Gasteiger partial charge in [-0.2, -0.15) is 13.2 Å². The lowest BCUT2D eigenvalue weighted by Gasteiger charge is -2.40. The summed E-state index contributed by atoms with van der Waals surface area (Å²) in [5.74, 6) is -2.86. The van der Waals surface area contributed by atoms with Crippen molar-refractivity contribution in [3.8, 4) is 5.75 Å². The molecule has 1 aliphatic carbocycles. The number of carbonyl (C=O) groups is 2. The summed E-state index contributed by atoms with van der Waals surface area (Å²) in [5.41, 5.74) is 3.83. The first kappa shape index (κ1) is 29.8. The van der Waals surface area contributed by atoms with Gasteiger partial charge in [-0.15, -0.1) is 0 Å². The Hall–Kier alpha value is -3.71. The molecule has 1 saturated carbocycles. The third kappa shape index (κ3) is 7.90. The van der Waals surface area contributed by atoms with Crippen molar-refractivity contribution in [2.45, 2.75) is 50.3 Å². The Kier molecular flexibility index (Phi) is 9.18. The maximum Gasteiger partial charge on any atom is 0.490 e. The SMILES string of the molecule is Cc1cc(COc2ccc(S(=O)(=O)CC3(CC(=O)NO)CCC3)cc2)c2ccccc2n1.O=C(O)C(F)(F)F. The third-order valence-corrected chi connectivity index (χ3v) is 8.30. The van der Waals surface area contributed by atoms with Crippen LogP contribution in [-0.4, -0.2) is 47.5 Å². The van der Waals surface area contributed by atoms with E-state index in [0.29, 0.717) is 25.2 Å². The predicted molar refractivity (Wildman–Crippen MR) is 134 cm³/mol. The third-order valence-electron chi connectivity index (χ3n) is 6.32. The summed E-state index contributed by atoms with van der Waals surface area (Å²) in [6.45, 7) is 2.28. The number of carbonyl (C=O) groups excluding carboxylic acids is 1. The second-order valence-corrected chi connectivity index (χ2v) is 11.3. The first-order valence-electron chi connectivity index (χ1n) is 11.8. The summed E-state index contributed by atoms with van der Waals surface area (Å²) in [6, 6.07) is 16.2. The molecule has 3 N–H and O–H groups in total. The van der Waals surface area contributed by atoms with Gasteiger partial charge in [0.15, 0.2) is 9.84 Å². The van der Waals surface area contributed by atoms with Crippen molar-refractivity contribution >= 4 is 32.6 Å². The molecule has 0 radical (unpaired) electrons. The highest BCUT2D eigenvalue weighted by Crippen LogP contribution is 2.46. The molecule has 13 heteroatoms. The topological polar surface area (TPSA) is 143 Å². The molecule has 1 amide bonds. The zero-order valence-corrected chi connectivity index (χ0v) is 21.7. The van der Waals surface area contributed by atoms with Crippen molar-refractivity contribution in [2.24, 2.45) is 5.41 Å². The van der Waals surface area contributed by atoms with Crippen molar-refractivity contribution < 1.29 is 46.2 Å². The van der Waals surface area contributed by atoms with E-state index in [1.807, 2.05) is 37.3 Å². The molecule has 0 aliphatic heterocycles. The summed E-state index contributed by atoms with van der Waals surface area (Å²) < 4.78 is 63.5. The van der Waals surface area contributed by atoms with Crippen molar-refractivity contribution in [3.05, 3.63) is 65.9 Å². The zero-order valence-electron chi connectivity index (χ0n) is 20.9. The molecule has 39 heavy (non-hydrogen) atoms. The van der Waals surface area contributed by atoms with Gasteiger partial charge < -0.3 is 9.84 Å². The van der Waals surface area contributed by atoms with Gasteiger partial charge in [0.2, 0.25) is 5.91 Å². The summed E-state index contributed by atoms with van der Waals surface area (Å²) in [6.07, 6.45) is -2.90. The van der Waals surface area contributed by atoms with Crippen LogP contribution < -0.4 is 10.2 Å². The zero-order chi connectivity index (χ0) is 28.8. The molecule has 4 rings (SSSR count). The van der Waals surface area contributed by atoms with Crippen LogP contribution in [0, 0.1) is 12.3 Å². The summed E-state index contributed by atoms with van der Waals surface area (Å²) in [5, 5.41) is 17.0. The number of aryl methyl sites for hydroxylation is 1. The van der Waals surface area contributed by atoms with E-state index in [1.165, 1.54) is 0 Å². The number of aliphatic carboxylic acids is 1. The molecule has 0 unspecified atom stereocenters. The molecule has 9 nitrogen and oxygen atoms in total. The van der Waals surface area contributed by atoms with Crippen LogP contribution in [0.15, 0.2) is 59.5 Å². The smallest absolute Gasteiger partial charge is 0.489 e. The first-order valence-corrected chi connectivity index (χ1v) is 13.4. The number of amides is 1. The number of ether oxygens (including phenoxy) is 1. The Labute approximate surface area is 222 Å². The standard InChI is InChI=1S/C24H26N2O5S.C2HF3O2/c1-17-13-18(21-5-2-3-6-22(21)25-17)15-31-19-7-9-20(10-8-19)32(29,30)16-24(11-4-12-24)14-23(27)26-28;3-2(4,5)1(6)7/h2-3,5-10,13,28H,4,11-12,14-16H2,1H3,(H,26,27);(H,6,7). The second kappa shape index (κ2) is 12.0. The molecular weight excluding hydrogens is 541 g/mol. The Morgan fingerprint density at radius 1 is 1.10 bits per heavy atom. The van der Waals surface area contributed by atoms with Crippen LogP contribution in [0.25, 0.3) is 10.9 Å². The number of alkyl halides is 3. The van der Waals surface area contributed by atoms with Gasteiger partial charge in [-0.25, -0.2) is 18.7 Å². The summed E-state index contributed by atoms with van der Waals surface area (Å²) >= 11 is 0. The number of carboxylic acids is 1. The molecule has 0 saturated heterocycles.